The van der Waals surface area contributed by atoms with Gasteiger partial charge >= 0.3 is 12.1 Å². The Balaban J connectivity index is 1.10. The molecule has 2 bridgehead atoms. The van der Waals surface area contributed by atoms with Gasteiger partial charge in [0.1, 0.15) is 11.3 Å². The average Bonchev–Trinajstić information content (AvgIpc) is 3.49. The lowest BCUT2D eigenvalue weighted by Gasteiger charge is -2.39. The van der Waals surface area contributed by atoms with E-state index in [0.29, 0.717) is 52.9 Å². The van der Waals surface area contributed by atoms with E-state index in [1.54, 1.807) is 0 Å². The number of carbonyl (C=O) groups is 1. The number of thiazole rings is 1. The maximum absolute atomic E-state index is 14.7. The van der Waals surface area contributed by atoms with Crippen molar-refractivity contribution in [3.05, 3.63) is 40.5 Å². The number of alkyl halides is 3. The minimum atomic E-state index is -4.27. The van der Waals surface area contributed by atoms with Gasteiger partial charge in [-0.1, -0.05) is 36.3 Å². The minimum absolute atomic E-state index is 0.0921. The summed E-state index contributed by atoms with van der Waals surface area (Å²) in [5.41, 5.74) is 1.23. The average molecular weight is 608 g/mol. The molecule has 2 aliphatic carbocycles. The van der Waals surface area contributed by atoms with Crippen LogP contribution in [0.15, 0.2) is 16.7 Å². The molecule has 226 valence electrons. The molecular weight excluding hydrogens is 574 g/mol. The van der Waals surface area contributed by atoms with Gasteiger partial charge in [-0.15, -0.1) is 0 Å². The van der Waals surface area contributed by atoms with Gasteiger partial charge in [0, 0.05) is 29.5 Å². The molecule has 7 rings (SSSR count). The Labute approximate surface area is 244 Å². The van der Waals surface area contributed by atoms with Gasteiger partial charge in [-0.05, 0) is 63.0 Å². The Kier molecular flexibility index (Phi) is 6.99. The van der Waals surface area contributed by atoms with Gasteiger partial charge in [-0.2, -0.15) is 13.2 Å². The van der Waals surface area contributed by atoms with Gasteiger partial charge in [-0.25, -0.2) is 14.2 Å². The van der Waals surface area contributed by atoms with E-state index in [-0.39, 0.29) is 48.2 Å². The maximum atomic E-state index is 14.7. The predicted molar refractivity (Wildman–Crippen MR) is 147 cm³/mol. The van der Waals surface area contributed by atoms with Crippen molar-refractivity contribution >= 4 is 32.7 Å². The molecule has 1 aromatic carbocycles. The van der Waals surface area contributed by atoms with E-state index >= 15 is 0 Å². The molecule has 0 radical (unpaired) electrons. The third-order valence-corrected chi connectivity index (χ3v) is 10.8. The number of aromatic nitrogens is 2. The standard InChI is InChI=1S/C30H33F4N3O4S/c1-14-8-17-11-18(12-23(14)37(17)29-35-26-22(31)9-16(28(38)39)10-24(26)42-29)40-13-20-25(36-41-27(20)15-6-7-15)19-4-2-3-5-21(19)30(32,33)34/h9-10,14-15,17-19,21,23H,2-8,11-13H2,1H3,(H,38,39)/t14-,17?,18?,19?,21?,23?/m1/s1. The number of hydrogen-bond donors (Lipinski definition) is 1. The summed E-state index contributed by atoms with van der Waals surface area (Å²) in [6.45, 7) is 2.37. The number of fused-ring (bicyclic) bond motifs is 3. The van der Waals surface area contributed by atoms with E-state index in [2.05, 4.69) is 22.0 Å². The number of anilines is 1. The van der Waals surface area contributed by atoms with Crippen LogP contribution in [0.4, 0.5) is 22.7 Å². The summed E-state index contributed by atoms with van der Waals surface area (Å²) in [6.07, 6.45) is 1.77. The third-order valence-electron chi connectivity index (χ3n) is 9.79. The van der Waals surface area contributed by atoms with Crippen molar-refractivity contribution in [3.8, 4) is 0 Å². The molecule has 2 saturated carbocycles. The van der Waals surface area contributed by atoms with Crippen LogP contribution in [0.5, 0.6) is 0 Å². The topological polar surface area (TPSA) is 88.7 Å². The van der Waals surface area contributed by atoms with Crippen molar-refractivity contribution in [1.82, 2.24) is 10.1 Å². The van der Waals surface area contributed by atoms with Crippen LogP contribution in [0, 0.1) is 17.7 Å². The van der Waals surface area contributed by atoms with Crippen LogP contribution in [0.25, 0.3) is 10.2 Å². The summed E-state index contributed by atoms with van der Waals surface area (Å²) in [7, 11) is 0. The van der Waals surface area contributed by atoms with E-state index in [9.17, 15) is 27.5 Å². The van der Waals surface area contributed by atoms with E-state index < -0.39 is 29.8 Å². The van der Waals surface area contributed by atoms with Crippen molar-refractivity contribution in [2.24, 2.45) is 11.8 Å². The van der Waals surface area contributed by atoms with Crippen LogP contribution < -0.4 is 4.90 Å². The number of carboxylic acids is 1. The highest BCUT2D eigenvalue weighted by atomic mass is 32.1. The van der Waals surface area contributed by atoms with Gasteiger partial charge in [-0.3, -0.25) is 0 Å². The number of carboxylic acid groups (broad SMARTS) is 1. The number of nitrogens with zero attached hydrogens (tertiary/aromatic N) is 3. The summed E-state index contributed by atoms with van der Waals surface area (Å²) in [4.78, 5) is 18.2. The summed E-state index contributed by atoms with van der Waals surface area (Å²) < 4.78 is 69.3. The molecule has 5 unspecified atom stereocenters. The molecule has 1 N–H and O–H groups in total. The number of halogens is 4. The molecule has 7 nitrogen and oxygen atoms in total. The molecular formula is C30H33F4N3O4S. The zero-order valence-corrected chi connectivity index (χ0v) is 24.0. The number of ether oxygens (including phenoxy) is 1. The normalized spacial score (nSPS) is 29.9. The molecule has 0 spiro atoms. The predicted octanol–water partition coefficient (Wildman–Crippen LogP) is 7.80. The lowest BCUT2D eigenvalue weighted by atomic mass is 9.76. The minimum Gasteiger partial charge on any atom is -0.478 e. The highest BCUT2D eigenvalue weighted by Gasteiger charge is 2.49. The second-order valence-corrected chi connectivity index (χ2v) is 13.6. The first-order chi connectivity index (χ1) is 20.1. The fraction of sp³-hybridized carbons (Fsp3) is 0.633. The Hall–Kier alpha value is -2.73. The van der Waals surface area contributed by atoms with Crippen LogP contribution in [-0.4, -0.2) is 45.6 Å². The molecule has 6 atom stereocenters. The molecule has 3 aromatic rings. The fourth-order valence-electron chi connectivity index (χ4n) is 7.60. The molecule has 4 fully saturated rings. The van der Waals surface area contributed by atoms with Crippen molar-refractivity contribution in [1.29, 1.82) is 0 Å². The summed E-state index contributed by atoms with van der Waals surface area (Å²) in [5, 5.41) is 14.2. The zero-order valence-electron chi connectivity index (χ0n) is 23.2. The first-order valence-corrected chi connectivity index (χ1v) is 15.7. The second-order valence-electron chi connectivity index (χ2n) is 12.6. The number of piperidine rings is 1. The van der Waals surface area contributed by atoms with Gasteiger partial charge in [0.15, 0.2) is 10.9 Å². The van der Waals surface area contributed by atoms with Crippen LogP contribution in [0.2, 0.25) is 0 Å². The summed E-state index contributed by atoms with van der Waals surface area (Å²) >= 11 is 1.30. The molecule has 2 aliphatic heterocycles. The molecule has 0 amide bonds. The van der Waals surface area contributed by atoms with Crippen molar-refractivity contribution in [2.75, 3.05) is 4.90 Å². The third kappa shape index (κ3) is 4.98. The number of hydrogen-bond acceptors (Lipinski definition) is 7. The molecule has 2 aromatic heterocycles. The maximum Gasteiger partial charge on any atom is 0.392 e. The lowest BCUT2D eigenvalue weighted by molar-refractivity contribution is -0.187. The molecule has 12 heteroatoms. The Morgan fingerprint density at radius 2 is 1.95 bits per heavy atom. The zero-order chi connectivity index (χ0) is 29.3. The molecule has 42 heavy (non-hydrogen) atoms. The highest BCUT2D eigenvalue weighted by molar-refractivity contribution is 7.22. The van der Waals surface area contributed by atoms with Crippen molar-refractivity contribution in [3.63, 3.8) is 0 Å². The van der Waals surface area contributed by atoms with Crippen molar-refractivity contribution in [2.45, 2.75) is 108 Å². The monoisotopic (exact) mass is 607 g/mol. The summed E-state index contributed by atoms with van der Waals surface area (Å²) in [5.74, 6) is -2.69. The Bertz CT molecular complexity index is 1500. The molecule has 4 heterocycles. The number of rotatable bonds is 7. The fourth-order valence-corrected chi connectivity index (χ4v) is 8.75. The quantitative estimate of drug-likeness (QED) is 0.274. The number of aromatic carboxylic acids is 1. The lowest BCUT2D eigenvalue weighted by Crippen LogP contribution is -2.46. The van der Waals surface area contributed by atoms with Gasteiger partial charge < -0.3 is 19.3 Å². The summed E-state index contributed by atoms with van der Waals surface area (Å²) in [6, 6.07) is 2.69. The smallest absolute Gasteiger partial charge is 0.392 e. The second kappa shape index (κ2) is 10.5. The SMILES string of the molecule is C[C@@H]1CC2CC(OCc3c(C4CCCCC4C(F)(F)F)noc3C3CC3)CC1N2c1nc2c(F)cc(C(=O)O)cc2s1. The van der Waals surface area contributed by atoms with Gasteiger partial charge in [0.2, 0.25) is 0 Å². The number of benzene rings is 1. The van der Waals surface area contributed by atoms with E-state index in [0.717, 1.165) is 37.3 Å². The first kappa shape index (κ1) is 28.1. The van der Waals surface area contributed by atoms with E-state index in [4.69, 9.17) is 9.26 Å². The highest BCUT2D eigenvalue weighted by Crippen LogP contribution is 2.51. The van der Waals surface area contributed by atoms with Gasteiger partial charge in [0.25, 0.3) is 0 Å². The molecule has 4 aliphatic rings. The van der Waals surface area contributed by atoms with Crippen molar-refractivity contribution < 1.29 is 36.7 Å². The van der Waals surface area contributed by atoms with Crippen LogP contribution >= 0.6 is 11.3 Å². The van der Waals surface area contributed by atoms with Crippen LogP contribution in [-0.2, 0) is 11.3 Å². The van der Waals surface area contributed by atoms with Crippen LogP contribution in [0.3, 0.4) is 0 Å². The molecule has 2 saturated heterocycles. The van der Waals surface area contributed by atoms with E-state index in [1.807, 2.05) is 0 Å². The Morgan fingerprint density at radius 3 is 2.67 bits per heavy atom. The van der Waals surface area contributed by atoms with E-state index in [1.165, 1.54) is 17.4 Å². The largest absolute Gasteiger partial charge is 0.478 e. The van der Waals surface area contributed by atoms with Gasteiger partial charge in [0.05, 0.1) is 34.6 Å². The Morgan fingerprint density at radius 1 is 1.17 bits per heavy atom. The van der Waals surface area contributed by atoms with Crippen LogP contribution in [0.1, 0.15) is 104 Å². The first-order valence-electron chi connectivity index (χ1n) is 14.9.